The molecular weight excluding hydrogens is 352 g/mol. The fraction of sp³-hybridized carbons (Fsp3) is 0. The van der Waals surface area contributed by atoms with Gasteiger partial charge in [-0.3, -0.25) is 4.57 Å². The lowest BCUT2D eigenvalue weighted by Gasteiger charge is -2.13. The van der Waals surface area contributed by atoms with E-state index >= 15 is 0 Å². The second-order valence-corrected chi connectivity index (χ2v) is 6.67. The summed E-state index contributed by atoms with van der Waals surface area (Å²) in [5.74, 6) is -0.223. The highest BCUT2D eigenvalue weighted by atomic mass is 16.3. The fourth-order valence-corrected chi connectivity index (χ4v) is 3.71. The van der Waals surface area contributed by atoms with E-state index in [1.165, 1.54) is 10.6 Å². The Kier molecular flexibility index (Phi) is 3.49. The van der Waals surface area contributed by atoms with Gasteiger partial charge in [0, 0.05) is 11.6 Å². The molecule has 0 radical (unpaired) electrons. The van der Waals surface area contributed by atoms with Crippen molar-refractivity contribution in [3.05, 3.63) is 89.3 Å². The summed E-state index contributed by atoms with van der Waals surface area (Å²) in [5, 5.41) is 23.1. The Morgan fingerprint density at radius 3 is 2.39 bits per heavy atom. The predicted octanol–water partition coefficient (Wildman–Crippen LogP) is 4.55. The van der Waals surface area contributed by atoms with Crippen molar-refractivity contribution in [3.8, 4) is 28.3 Å². The molecule has 4 aromatic carbocycles. The molecule has 0 atom stereocenters. The van der Waals surface area contributed by atoms with Crippen molar-refractivity contribution in [2.24, 2.45) is 0 Å². The van der Waals surface area contributed by atoms with Gasteiger partial charge in [0.2, 0.25) is 0 Å². The summed E-state index contributed by atoms with van der Waals surface area (Å²) in [6.07, 6.45) is 0. The first-order chi connectivity index (χ1) is 13.6. The highest BCUT2D eigenvalue weighted by molar-refractivity contribution is 5.98. The molecule has 0 unspecified atom stereocenters. The molecule has 0 bridgehead atoms. The minimum absolute atomic E-state index is 0.0505. The third kappa shape index (κ3) is 2.37. The lowest BCUT2D eigenvalue weighted by molar-refractivity contribution is 0.450. The van der Waals surface area contributed by atoms with E-state index in [2.05, 4.69) is 4.98 Å². The average Bonchev–Trinajstić information content (AvgIpc) is 3.04. The van der Waals surface area contributed by atoms with Crippen LogP contribution in [-0.4, -0.2) is 19.8 Å². The smallest absolute Gasteiger partial charge is 0.331 e. The number of phenolic OH excluding ortho intramolecular Hbond substituents is 2. The molecule has 3 N–H and O–H groups in total. The highest BCUT2D eigenvalue weighted by Gasteiger charge is 2.17. The molecule has 5 rings (SSSR count). The second kappa shape index (κ2) is 6.03. The van der Waals surface area contributed by atoms with Gasteiger partial charge in [-0.1, -0.05) is 54.6 Å². The summed E-state index contributed by atoms with van der Waals surface area (Å²) in [5.41, 5.74) is 2.64. The molecule has 5 heteroatoms. The minimum Gasteiger partial charge on any atom is -0.507 e. The van der Waals surface area contributed by atoms with Crippen LogP contribution in [0, 0.1) is 0 Å². The van der Waals surface area contributed by atoms with Crippen molar-refractivity contribution in [1.82, 2.24) is 9.55 Å². The number of imidazole rings is 1. The van der Waals surface area contributed by atoms with Crippen molar-refractivity contribution in [2.45, 2.75) is 0 Å². The summed E-state index contributed by atoms with van der Waals surface area (Å²) in [7, 11) is 0. The highest BCUT2D eigenvalue weighted by Crippen LogP contribution is 2.39. The van der Waals surface area contributed by atoms with Gasteiger partial charge in [-0.25, -0.2) is 4.79 Å². The maximum Gasteiger partial charge on any atom is 0.331 e. The van der Waals surface area contributed by atoms with Gasteiger partial charge in [0.05, 0.1) is 16.7 Å². The predicted molar refractivity (Wildman–Crippen MR) is 110 cm³/mol. The number of nitrogens with zero attached hydrogens (tertiary/aromatic N) is 1. The number of aromatic hydroxyl groups is 2. The molecule has 0 fully saturated rings. The van der Waals surface area contributed by atoms with Crippen molar-refractivity contribution in [2.75, 3.05) is 0 Å². The molecule has 28 heavy (non-hydrogen) atoms. The molecule has 5 nitrogen and oxygen atoms in total. The number of aromatic amines is 1. The largest absolute Gasteiger partial charge is 0.507 e. The molecule has 0 amide bonds. The summed E-state index contributed by atoms with van der Waals surface area (Å²) in [6, 6.07) is 23.9. The SMILES string of the molecule is O=c1[nH]c2ccccc2n1-c1cc(-c2cccc3ccccc23)c(O)cc1O. The zero-order chi connectivity index (χ0) is 19.3. The lowest BCUT2D eigenvalue weighted by Crippen LogP contribution is -2.14. The Balaban J connectivity index is 1.83. The number of aromatic nitrogens is 2. The van der Waals surface area contributed by atoms with Gasteiger partial charge < -0.3 is 15.2 Å². The molecule has 0 aliphatic heterocycles. The number of benzene rings is 4. The first-order valence-corrected chi connectivity index (χ1v) is 8.88. The summed E-state index contributed by atoms with van der Waals surface area (Å²) in [6.45, 7) is 0. The Labute approximate surface area is 159 Å². The Morgan fingerprint density at radius 2 is 1.50 bits per heavy atom. The van der Waals surface area contributed by atoms with Gasteiger partial charge in [0.1, 0.15) is 11.5 Å². The number of hydrogen-bond acceptors (Lipinski definition) is 3. The molecule has 1 aromatic heterocycles. The molecule has 0 spiro atoms. The van der Waals surface area contributed by atoms with Crippen molar-refractivity contribution < 1.29 is 10.2 Å². The number of nitrogens with one attached hydrogen (secondary N) is 1. The van der Waals surface area contributed by atoms with Gasteiger partial charge in [0.15, 0.2) is 0 Å². The molecular formula is C23H16N2O3. The van der Waals surface area contributed by atoms with Crippen LogP contribution >= 0.6 is 0 Å². The van der Waals surface area contributed by atoms with E-state index in [1.54, 1.807) is 18.2 Å². The van der Waals surface area contributed by atoms with Gasteiger partial charge in [-0.05, 0) is 34.5 Å². The number of para-hydroxylation sites is 2. The van der Waals surface area contributed by atoms with Crippen LogP contribution in [-0.2, 0) is 0 Å². The van der Waals surface area contributed by atoms with Crippen LogP contribution < -0.4 is 5.69 Å². The number of hydrogen-bond donors (Lipinski definition) is 3. The lowest BCUT2D eigenvalue weighted by atomic mass is 9.97. The van der Waals surface area contributed by atoms with E-state index in [0.717, 1.165) is 16.3 Å². The van der Waals surface area contributed by atoms with Gasteiger partial charge >= 0.3 is 5.69 Å². The molecule has 5 aromatic rings. The number of H-pyrrole nitrogens is 1. The first kappa shape index (κ1) is 16.2. The molecule has 1 heterocycles. The molecule has 0 aliphatic carbocycles. The molecule has 136 valence electrons. The van der Waals surface area contributed by atoms with E-state index in [9.17, 15) is 15.0 Å². The quantitative estimate of drug-likeness (QED) is 0.428. The van der Waals surface area contributed by atoms with Crippen LogP contribution in [0.2, 0.25) is 0 Å². The molecule has 0 aliphatic rings. The van der Waals surface area contributed by atoms with Crippen molar-refractivity contribution in [1.29, 1.82) is 0 Å². The van der Waals surface area contributed by atoms with Crippen molar-refractivity contribution >= 4 is 21.8 Å². The first-order valence-electron chi connectivity index (χ1n) is 8.88. The van der Waals surface area contributed by atoms with Crippen molar-refractivity contribution in [3.63, 3.8) is 0 Å². The van der Waals surface area contributed by atoms with Crippen LogP contribution in [0.5, 0.6) is 11.5 Å². The maximum absolute atomic E-state index is 12.6. The van der Waals surface area contributed by atoms with Crippen LogP contribution in [0.1, 0.15) is 0 Å². The zero-order valence-corrected chi connectivity index (χ0v) is 14.8. The Bertz CT molecular complexity index is 1410. The van der Waals surface area contributed by atoms with Crippen LogP contribution in [0.25, 0.3) is 38.6 Å². The molecule has 0 saturated carbocycles. The Hall–Kier alpha value is -3.99. The number of phenols is 2. The van der Waals surface area contributed by atoms with Crippen LogP contribution in [0.4, 0.5) is 0 Å². The van der Waals surface area contributed by atoms with E-state index in [0.29, 0.717) is 22.3 Å². The van der Waals surface area contributed by atoms with Crippen LogP contribution in [0.15, 0.2) is 83.7 Å². The zero-order valence-electron chi connectivity index (χ0n) is 14.8. The third-order valence-electron chi connectivity index (χ3n) is 5.00. The van der Waals surface area contributed by atoms with E-state index in [-0.39, 0.29) is 17.2 Å². The third-order valence-corrected chi connectivity index (χ3v) is 5.00. The van der Waals surface area contributed by atoms with Crippen LogP contribution in [0.3, 0.4) is 0 Å². The maximum atomic E-state index is 12.6. The van der Waals surface area contributed by atoms with Gasteiger partial charge in [-0.15, -0.1) is 0 Å². The fourth-order valence-electron chi connectivity index (χ4n) is 3.71. The summed E-state index contributed by atoms with van der Waals surface area (Å²) >= 11 is 0. The van der Waals surface area contributed by atoms with E-state index < -0.39 is 0 Å². The standard InChI is InChI=1S/C23H16N2O3/c26-21-13-22(27)20(25-19-11-4-3-10-18(19)24-23(25)28)12-17(21)16-9-5-7-14-6-1-2-8-15(14)16/h1-13,26-27H,(H,24,28). The average molecular weight is 368 g/mol. The molecule has 0 saturated heterocycles. The topological polar surface area (TPSA) is 78.2 Å². The summed E-state index contributed by atoms with van der Waals surface area (Å²) < 4.78 is 1.42. The van der Waals surface area contributed by atoms with Gasteiger partial charge in [-0.2, -0.15) is 0 Å². The van der Waals surface area contributed by atoms with E-state index in [1.807, 2.05) is 54.6 Å². The minimum atomic E-state index is -0.356. The van der Waals surface area contributed by atoms with Gasteiger partial charge in [0.25, 0.3) is 0 Å². The number of rotatable bonds is 2. The normalized spacial score (nSPS) is 11.3. The Morgan fingerprint density at radius 1 is 0.750 bits per heavy atom. The summed E-state index contributed by atoms with van der Waals surface area (Å²) in [4.78, 5) is 15.4. The number of fused-ring (bicyclic) bond motifs is 2. The second-order valence-electron chi connectivity index (χ2n) is 6.67. The monoisotopic (exact) mass is 368 g/mol. The van der Waals surface area contributed by atoms with E-state index in [4.69, 9.17) is 0 Å².